The van der Waals surface area contributed by atoms with Crippen LogP contribution in [0.5, 0.6) is 11.5 Å². The van der Waals surface area contributed by atoms with Crippen molar-refractivity contribution in [3.63, 3.8) is 0 Å². The Morgan fingerprint density at radius 1 is 1.00 bits per heavy atom. The first-order valence-electron chi connectivity index (χ1n) is 9.91. The molecule has 6 heteroatoms. The lowest BCUT2D eigenvalue weighted by Gasteiger charge is -2.27. The summed E-state index contributed by atoms with van der Waals surface area (Å²) < 4.78 is 11.2. The summed E-state index contributed by atoms with van der Waals surface area (Å²) in [5, 5.41) is 2.91. The number of nitrogens with one attached hydrogen (secondary N) is 1. The summed E-state index contributed by atoms with van der Waals surface area (Å²) in [5.41, 5.74) is 1.87. The minimum Gasteiger partial charge on any atom is -0.486 e. The van der Waals surface area contributed by atoms with Crippen LogP contribution in [0.25, 0.3) is 0 Å². The number of carbonyl (C=O) groups excluding carboxylic acids is 2. The molecule has 0 saturated heterocycles. The molecule has 1 heterocycles. The zero-order valence-electron chi connectivity index (χ0n) is 17.2. The zero-order chi connectivity index (χ0) is 20.8. The lowest BCUT2D eigenvalue weighted by atomic mass is 10.0. The minimum atomic E-state index is -0.576. The Morgan fingerprint density at radius 2 is 1.69 bits per heavy atom. The fraction of sp³-hybridized carbons (Fsp3) is 0.391. The molecule has 154 valence electrons. The molecule has 0 aromatic heterocycles. The Bertz CT molecular complexity index is 851. The van der Waals surface area contributed by atoms with Gasteiger partial charge >= 0.3 is 0 Å². The van der Waals surface area contributed by atoms with Gasteiger partial charge in [0.2, 0.25) is 11.8 Å². The van der Waals surface area contributed by atoms with Gasteiger partial charge < -0.3 is 19.7 Å². The maximum atomic E-state index is 13.0. The maximum Gasteiger partial charge on any atom is 0.245 e. The smallest absolute Gasteiger partial charge is 0.245 e. The van der Waals surface area contributed by atoms with Gasteiger partial charge in [0.1, 0.15) is 19.3 Å². The Morgan fingerprint density at radius 3 is 2.38 bits per heavy atom. The highest BCUT2D eigenvalue weighted by Gasteiger charge is 2.27. The second-order valence-electron chi connectivity index (χ2n) is 7.62. The molecule has 1 aliphatic rings. The van der Waals surface area contributed by atoms with E-state index in [0.29, 0.717) is 25.5 Å². The van der Waals surface area contributed by atoms with Crippen molar-refractivity contribution in [2.75, 3.05) is 20.3 Å². The molecule has 1 aliphatic heterocycles. The highest BCUT2D eigenvalue weighted by Crippen LogP contribution is 2.31. The molecule has 0 unspecified atom stereocenters. The standard InChI is InChI=1S/C23H28N2O4/c1-16(2)22(24-21(26)14-17-7-5-4-6-8-17)23(27)25(3)15-18-9-10-19-20(13-18)29-12-11-28-19/h4-10,13,16,22H,11-12,14-15H2,1-3H3,(H,24,26)/t22-/m0/s1. The molecular formula is C23H28N2O4. The third-order valence-electron chi connectivity index (χ3n) is 4.86. The van der Waals surface area contributed by atoms with Gasteiger partial charge in [0.05, 0.1) is 6.42 Å². The second kappa shape index (κ2) is 9.45. The van der Waals surface area contributed by atoms with E-state index in [4.69, 9.17) is 9.47 Å². The predicted octanol–water partition coefficient (Wildman–Crippen LogP) is 2.80. The van der Waals surface area contributed by atoms with Gasteiger partial charge in [-0.1, -0.05) is 50.2 Å². The number of amides is 2. The fourth-order valence-electron chi connectivity index (χ4n) is 3.29. The van der Waals surface area contributed by atoms with Crippen LogP contribution in [0.3, 0.4) is 0 Å². The number of likely N-dealkylation sites (N-methyl/N-ethyl adjacent to an activating group) is 1. The Balaban J connectivity index is 1.62. The number of nitrogens with zero attached hydrogens (tertiary/aromatic N) is 1. The van der Waals surface area contributed by atoms with E-state index < -0.39 is 6.04 Å². The van der Waals surface area contributed by atoms with Crippen LogP contribution in [0.15, 0.2) is 48.5 Å². The fourth-order valence-corrected chi connectivity index (χ4v) is 3.29. The van der Waals surface area contributed by atoms with Crippen LogP contribution < -0.4 is 14.8 Å². The SMILES string of the molecule is CC(C)[C@H](NC(=O)Cc1ccccc1)C(=O)N(C)Cc1ccc2c(c1)OCCO2. The van der Waals surface area contributed by atoms with Crippen molar-refractivity contribution in [1.82, 2.24) is 10.2 Å². The first-order chi connectivity index (χ1) is 13.9. The van der Waals surface area contributed by atoms with Crippen LogP contribution in [-0.2, 0) is 22.6 Å². The summed E-state index contributed by atoms with van der Waals surface area (Å²) in [6.07, 6.45) is 0.253. The van der Waals surface area contributed by atoms with Crippen LogP contribution in [0.2, 0.25) is 0 Å². The topological polar surface area (TPSA) is 67.9 Å². The molecule has 2 aromatic carbocycles. The molecule has 3 rings (SSSR count). The molecule has 0 spiro atoms. The minimum absolute atomic E-state index is 0.0232. The van der Waals surface area contributed by atoms with Gasteiger partial charge in [-0.2, -0.15) is 0 Å². The van der Waals surface area contributed by atoms with Crippen molar-refractivity contribution in [3.05, 3.63) is 59.7 Å². The van der Waals surface area contributed by atoms with Crippen LogP contribution >= 0.6 is 0 Å². The Kier molecular flexibility index (Phi) is 6.75. The average Bonchev–Trinajstić information content (AvgIpc) is 2.72. The number of benzene rings is 2. The monoisotopic (exact) mass is 396 g/mol. The lowest BCUT2D eigenvalue weighted by molar-refractivity contribution is -0.136. The van der Waals surface area contributed by atoms with Crippen molar-refractivity contribution < 1.29 is 19.1 Å². The number of hydrogen-bond acceptors (Lipinski definition) is 4. The largest absolute Gasteiger partial charge is 0.486 e. The summed E-state index contributed by atoms with van der Waals surface area (Å²) >= 11 is 0. The van der Waals surface area contributed by atoms with E-state index in [0.717, 1.165) is 16.9 Å². The van der Waals surface area contributed by atoms with Crippen LogP contribution in [0, 0.1) is 5.92 Å². The van der Waals surface area contributed by atoms with Gasteiger partial charge in [0.15, 0.2) is 11.5 Å². The van der Waals surface area contributed by atoms with Crippen molar-refractivity contribution >= 4 is 11.8 Å². The number of rotatable bonds is 7. The highest BCUT2D eigenvalue weighted by atomic mass is 16.6. The van der Waals surface area contributed by atoms with Crippen LogP contribution in [-0.4, -0.2) is 43.0 Å². The predicted molar refractivity (Wildman–Crippen MR) is 111 cm³/mol. The van der Waals surface area contributed by atoms with E-state index in [1.165, 1.54) is 0 Å². The number of hydrogen-bond donors (Lipinski definition) is 1. The van der Waals surface area contributed by atoms with E-state index in [9.17, 15) is 9.59 Å². The van der Waals surface area contributed by atoms with E-state index in [2.05, 4.69) is 5.32 Å². The molecule has 1 N–H and O–H groups in total. The average molecular weight is 396 g/mol. The second-order valence-corrected chi connectivity index (χ2v) is 7.62. The molecule has 2 aromatic rings. The molecule has 0 bridgehead atoms. The maximum absolute atomic E-state index is 13.0. The van der Waals surface area contributed by atoms with E-state index in [1.54, 1.807) is 11.9 Å². The molecule has 0 saturated carbocycles. The van der Waals surface area contributed by atoms with Crippen LogP contribution in [0.1, 0.15) is 25.0 Å². The molecule has 29 heavy (non-hydrogen) atoms. The molecule has 6 nitrogen and oxygen atoms in total. The summed E-state index contributed by atoms with van der Waals surface area (Å²) in [4.78, 5) is 27.1. The third kappa shape index (κ3) is 5.50. The summed E-state index contributed by atoms with van der Waals surface area (Å²) in [7, 11) is 1.75. The van der Waals surface area contributed by atoms with Crippen molar-refractivity contribution in [2.24, 2.45) is 5.92 Å². The first kappa shape index (κ1) is 20.7. The van der Waals surface area contributed by atoms with Crippen molar-refractivity contribution in [2.45, 2.75) is 32.9 Å². The number of fused-ring (bicyclic) bond motifs is 1. The van der Waals surface area contributed by atoms with Gasteiger partial charge in [0, 0.05) is 13.6 Å². The van der Waals surface area contributed by atoms with Crippen LogP contribution in [0.4, 0.5) is 0 Å². The molecule has 0 radical (unpaired) electrons. The van der Waals surface area contributed by atoms with Gasteiger partial charge in [-0.05, 0) is 29.2 Å². The highest BCUT2D eigenvalue weighted by molar-refractivity contribution is 5.88. The van der Waals surface area contributed by atoms with Gasteiger partial charge in [-0.15, -0.1) is 0 Å². The summed E-state index contributed by atoms with van der Waals surface area (Å²) in [5.74, 6) is 1.13. The Hall–Kier alpha value is -3.02. The lowest BCUT2D eigenvalue weighted by Crippen LogP contribution is -2.50. The van der Waals surface area contributed by atoms with Crippen molar-refractivity contribution in [1.29, 1.82) is 0 Å². The quantitative estimate of drug-likeness (QED) is 0.782. The molecule has 0 aliphatic carbocycles. The molecular weight excluding hydrogens is 368 g/mol. The summed E-state index contributed by atoms with van der Waals surface area (Å²) in [6.45, 7) is 5.36. The molecule has 1 atom stereocenters. The zero-order valence-corrected chi connectivity index (χ0v) is 17.2. The Labute approximate surface area is 171 Å². The number of ether oxygens (including phenoxy) is 2. The number of carbonyl (C=O) groups is 2. The van der Waals surface area contributed by atoms with Gasteiger partial charge in [-0.3, -0.25) is 9.59 Å². The van der Waals surface area contributed by atoms with Crippen molar-refractivity contribution in [3.8, 4) is 11.5 Å². The first-order valence-corrected chi connectivity index (χ1v) is 9.91. The van der Waals surface area contributed by atoms with Gasteiger partial charge in [-0.25, -0.2) is 0 Å². The molecule has 2 amide bonds. The van der Waals surface area contributed by atoms with E-state index in [1.807, 2.05) is 62.4 Å². The molecule has 0 fully saturated rings. The summed E-state index contributed by atoms with van der Waals surface area (Å²) in [6, 6.07) is 14.6. The van der Waals surface area contributed by atoms with E-state index >= 15 is 0 Å². The van der Waals surface area contributed by atoms with E-state index in [-0.39, 0.29) is 24.2 Å². The third-order valence-corrected chi connectivity index (χ3v) is 4.86. The van der Waals surface area contributed by atoms with Gasteiger partial charge in [0.25, 0.3) is 0 Å². The normalized spacial score (nSPS) is 13.7.